The molecule has 5 rings (SSSR count). The first-order valence-electron chi connectivity index (χ1n) is 13.3. The van der Waals surface area contributed by atoms with E-state index in [0.29, 0.717) is 6.61 Å². The summed E-state index contributed by atoms with van der Waals surface area (Å²) in [7, 11) is -2.92. The van der Waals surface area contributed by atoms with E-state index >= 15 is 0 Å². The van der Waals surface area contributed by atoms with E-state index in [9.17, 15) is 0 Å². The van der Waals surface area contributed by atoms with Gasteiger partial charge in [-0.05, 0) is 43.1 Å². The highest BCUT2D eigenvalue weighted by Gasteiger charge is 2.58. The maximum atomic E-state index is 7.62. The first-order valence-corrected chi connectivity index (χ1v) is 16.1. The zero-order valence-electron chi connectivity index (χ0n) is 23.3. The minimum absolute atomic E-state index is 0.204. The van der Waals surface area contributed by atoms with Gasteiger partial charge in [-0.25, -0.2) is 4.98 Å². The number of ether oxygens (including phenoxy) is 4. The predicted molar refractivity (Wildman–Crippen MR) is 152 cm³/mol. The van der Waals surface area contributed by atoms with Gasteiger partial charge in [0.2, 0.25) is 0 Å². The Morgan fingerprint density at radius 1 is 0.895 bits per heavy atom. The molecule has 0 unspecified atom stereocenters. The molecule has 1 aromatic heterocycles. The molecule has 38 heavy (non-hydrogen) atoms. The van der Waals surface area contributed by atoms with Gasteiger partial charge in [-0.15, -0.1) is 11.3 Å². The van der Waals surface area contributed by atoms with Gasteiger partial charge >= 0.3 is 0 Å². The van der Waals surface area contributed by atoms with Crippen molar-refractivity contribution in [1.29, 1.82) is 0 Å². The Balaban J connectivity index is 1.65. The van der Waals surface area contributed by atoms with Crippen LogP contribution in [0.25, 0.3) is 0 Å². The molecule has 0 N–H and O–H groups in total. The first kappa shape index (κ1) is 27.6. The number of nitrogens with zero attached hydrogens (tertiary/aromatic N) is 1. The number of rotatable bonds is 7. The van der Waals surface area contributed by atoms with E-state index < -0.39 is 32.1 Å². The van der Waals surface area contributed by atoms with E-state index in [-0.39, 0.29) is 17.2 Å². The number of benzene rings is 2. The van der Waals surface area contributed by atoms with Crippen LogP contribution in [0.2, 0.25) is 5.04 Å². The Bertz CT molecular complexity index is 1160. The van der Waals surface area contributed by atoms with Crippen molar-refractivity contribution in [2.75, 3.05) is 6.61 Å². The molecule has 2 aliphatic heterocycles. The van der Waals surface area contributed by atoms with E-state index in [1.54, 1.807) is 11.3 Å². The summed E-state index contributed by atoms with van der Waals surface area (Å²) >= 11 is 1.58. The molecule has 0 saturated carbocycles. The number of thiazole rings is 1. The number of hydrogen-bond donors (Lipinski definition) is 0. The second-order valence-corrected chi connectivity index (χ2v) is 17.2. The number of hydrogen-bond acceptors (Lipinski definition) is 7. The summed E-state index contributed by atoms with van der Waals surface area (Å²) in [6, 6.07) is 21.3. The summed E-state index contributed by atoms with van der Waals surface area (Å²) < 4.78 is 33.0. The monoisotopic (exact) mass is 553 g/mol. The fourth-order valence-corrected chi connectivity index (χ4v) is 11.2. The molecule has 0 radical (unpaired) electrons. The molecule has 2 saturated heterocycles. The molecular weight excluding hydrogens is 514 g/mol. The average molecular weight is 554 g/mol. The van der Waals surface area contributed by atoms with Crippen LogP contribution in [0, 0.1) is 0 Å². The summed E-state index contributed by atoms with van der Waals surface area (Å²) in [5.41, 5.74) is 0. The molecule has 0 amide bonds. The van der Waals surface area contributed by atoms with Crippen molar-refractivity contribution >= 4 is 30.0 Å². The zero-order valence-corrected chi connectivity index (χ0v) is 25.2. The standard InChI is InChI=1S/C30H39NO5SSi/c1-28(2,3)38(21-14-10-8-11-15-21,22-16-12-9-13-17-22)36-26(27-31-18-19-37-27)25-24(34-30(6,7)35-25)23-20-32-29(4,5)33-23/h8-19,23-26H,20H2,1-7H3/t23-,24+,25-,26-/m0/s1. The lowest BCUT2D eigenvalue weighted by molar-refractivity contribution is -0.175. The lowest BCUT2D eigenvalue weighted by atomic mass is 10.0. The van der Waals surface area contributed by atoms with Crippen molar-refractivity contribution in [3.63, 3.8) is 0 Å². The molecule has 8 heteroatoms. The van der Waals surface area contributed by atoms with Crippen LogP contribution in [0.5, 0.6) is 0 Å². The van der Waals surface area contributed by atoms with Crippen LogP contribution < -0.4 is 10.4 Å². The van der Waals surface area contributed by atoms with Crippen molar-refractivity contribution in [3.8, 4) is 0 Å². The molecule has 0 aliphatic carbocycles. The minimum atomic E-state index is -2.92. The summed E-state index contributed by atoms with van der Waals surface area (Å²) in [5.74, 6) is -1.49. The van der Waals surface area contributed by atoms with Gasteiger partial charge in [0.15, 0.2) is 11.6 Å². The topological polar surface area (TPSA) is 59.0 Å². The molecule has 6 nitrogen and oxygen atoms in total. The van der Waals surface area contributed by atoms with Gasteiger partial charge < -0.3 is 23.4 Å². The highest BCUT2D eigenvalue weighted by atomic mass is 32.1. The third-order valence-electron chi connectivity index (χ3n) is 7.27. The highest BCUT2D eigenvalue weighted by Crippen LogP contribution is 2.46. The van der Waals surface area contributed by atoms with Gasteiger partial charge in [0.1, 0.15) is 29.4 Å². The van der Waals surface area contributed by atoms with Gasteiger partial charge in [-0.3, -0.25) is 0 Å². The highest BCUT2D eigenvalue weighted by molar-refractivity contribution is 7.09. The van der Waals surface area contributed by atoms with Crippen LogP contribution in [0.3, 0.4) is 0 Å². The second-order valence-electron chi connectivity index (χ2n) is 12.0. The van der Waals surface area contributed by atoms with Crippen LogP contribution in [0.4, 0.5) is 0 Å². The van der Waals surface area contributed by atoms with Crippen LogP contribution >= 0.6 is 11.3 Å². The summed E-state index contributed by atoms with van der Waals surface area (Å²) in [5, 5.41) is 5.07. The average Bonchev–Trinajstić information content (AvgIpc) is 3.59. The van der Waals surface area contributed by atoms with E-state index in [0.717, 1.165) is 5.01 Å². The van der Waals surface area contributed by atoms with Crippen molar-refractivity contribution in [3.05, 3.63) is 77.2 Å². The first-order chi connectivity index (χ1) is 17.9. The van der Waals surface area contributed by atoms with Crippen LogP contribution in [0.15, 0.2) is 72.2 Å². The SMILES string of the molecule is CC1(C)O[C@H]([C@@H]2COC(C)(C)O2)[C@@H]([C@H](O[Si](c2ccccc2)(c2ccccc2)C(C)(C)C)c2nccs2)O1. The minimum Gasteiger partial charge on any atom is -0.395 e. The van der Waals surface area contributed by atoms with Crippen molar-refractivity contribution in [2.45, 2.75) is 89.5 Å². The molecule has 4 atom stereocenters. The molecule has 204 valence electrons. The van der Waals surface area contributed by atoms with Crippen LogP contribution in [-0.4, -0.2) is 49.8 Å². The molecule has 0 spiro atoms. The Morgan fingerprint density at radius 3 is 1.97 bits per heavy atom. The Hall–Kier alpha value is -1.91. The molecule has 3 aromatic rings. The fourth-order valence-electron chi connectivity index (χ4n) is 5.73. The van der Waals surface area contributed by atoms with Gasteiger partial charge in [0.25, 0.3) is 8.32 Å². The maximum Gasteiger partial charge on any atom is 0.262 e. The molecule has 3 heterocycles. The number of aromatic nitrogens is 1. The zero-order chi connectivity index (χ0) is 27.2. The van der Waals surface area contributed by atoms with Crippen molar-refractivity contribution in [1.82, 2.24) is 4.98 Å². The summed E-state index contributed by atoms with van der Waals surface area (Å²) in [6.07, 6.45) is 0.234. The lowest BCUT2D eigenvalue weighted by Crippen LogP contribution is -2.67. The summed E-state index contributed by atoms with van der Waals surface area (Å²) in [4.78, 5) is 4.76. The smallest absolute Gasteiger partial charge is 0.262 e. The van der Waals surface area contributed by atoms with Gasteiger partial charge in [-0.2, -0.15) is 0 Å². The van der Waals surface area contributed by atoms with E-state index in [4.69, 9.17) is 28.4 Å². The quantitative estimate of drug-likeness (QED) is 0.364. The van der Waals surface area contributed by atoms with Crippen molar-refractivity contribution < 1.29 is 23.4 Å². The predicted octanol–water partition coefficient (Wildman–Crippen LogP) is 5.43. The lowest BCUT2D eigenvalue weighted by Gasteiger charge is -2.46. The Labute approximate surface area is 231 Å². The van der Waals surface area contributed by atoms with Gasteiger partial charge in [0, 0.05) is 11.6 Å². The second kappa shape index (κ2) is 10.2. The Kier molecular flexibility index (Phi) is 7.45. The third kappa shape index (κ3) is 5.28. The van der Waals surface area contributed by atoms with Crippen molar-refractivity contribution in [2.24, 2.45) is 0 Å². The van der Waals surface area contributed by atoms with Crippen LogP contribution in [-0.2, 0) is 23.4 Å². The largest absolute Gasteiger partial charge is 0.395 e. The Morgan fingerprint density at radius 2 is 1.50 bits per heavy atom. The fraction of sp³-hybridized carbons (Fsp3) is 0.500. The third-order valence-corrected chi connectivity index (χ3v) is 13.1. The molecular formula is C30H39NO5SSi. The molecule has 2 aliphatic rings. The van der Waals surface area contributed by atoms with Gasteiger partial charge in [-0.1, -0.05) is 81.4 Å². The van der Waals surface area contributed by atoms with Crippen LogP contribution in [0.1, 0.15) is 59.6 Å². The van der Waals surface area contributed by atoms with E-state index in [2.05, 4.69) is 81.4 Å². The molecule has 2 fully saturated rings. The maximum absolute atomic E-state index is 7.62. The van der Waals surface area contributed by atoms with E-state index in [1.165, 1.54) is 10.4 Å². The molecule has 0 bridgehead atoms. The normalized spacial score (nSPS) is 25.9. The summed E-state index contributed by atoms with van der Waals surface area (Å²) in [6.45, 7) is 15.0. The molecule has 2 aromatic carbocycles. The van der Waals surface area contributed by atoms with E-state index in [1.807, 2.05) is 39.3 Å². The van der Waals surface area contributed by atoms with Gasteiger partial charge in [0.05, 0.1) is 6.61 Å².